The molecule has 1 N–H and O–H groups in total. The number of rotatable bonds is 2. The molecule has 1 heterocycles. The zero-order valence-electron chi connectivity index (χ0n) is 9.94. The van der Waals surface area contributed by atoms with Crippen LogP contribution in [-0.4, -0.2) is 11.7 Å². The Kier molecular flexibility index (Phi) is 3.10. The second kappa shape index (κ2) is 4.77. The Morgan fingerprint density at radius 3 is 2.74 bits per heavy atom. The average molecular weight is 363 g/mol. The van der Waals surface area contributed by atoms with Gasteiger partial charge in [0.05, 0.1) is 6.42 Å². The van der Waals surface area contributed by atoms with Gasteiger partial charge in [-0.2, -0.15) is 0 Å². The lowest BCUT2D eigenvalue weighted by Gasteiger charge is -2.05. The third-order valence-corrected chi connectivity index (χ3v) is 4.05. The zero-order valence-corrected chi connectivity index (χ0v) is 12.1. The lowest BCUT2D eigenvalue weighted by Crippen LogP contribution is -2.03. The molecule has 3 nitrogen and oxygen atoms in total. The Labute approximate surface area is 124 Å². The smallest absolute Gasteiger partial charge is 0.228 e. The molecule has 2 aromatic carbocycles. The predicted octanol–water partition coefficient (Wildman–Crippen LogP) is 3.02. The van der Waals surface area contributed by atoms with E-state index in [4.69, 9.17) is 0 Å². The van der Waals surface area contributed by atoms with Crippen LogP contribution in [0.4, 0.5) is 5.69 Å². The summed E-state index contributed by atoms with van der Waals surface area (Å²) in [7, 11) is 0. The molecule has 0 bridgehead atoms. The van der Waals surface area contributed by atoms with Gasteiger partial charge in [0.1, 0.15) is 0 Å². The number of benzene rings is 2. The summed E-state index contributed by atoms with van der Waals surface area (Å²) in [6.45, 7) is 0. The Morgan fingerprint density at radius 2 is 1.95 bits per heavy atom. The molecule has 0 saturated carbocycles. The second-order valence-electron chi connectivity index (χ2n) is 4.41. The van der Waals surface area contributed by atoms with Gasteiger partial charge in [0.2, 0.25) is 5.91 Å². The third-order valence-electron chi connectivity index (χ3n) is 3.11. The van der Waals surface area contributed by atoms with Crippen molar-refractivity contribution in [2.45, 2.75) is 6.42 Å². The molecule has 0 aromatic heterocycles. The fraction of sp³-hybridized carbons (Fsp3) is 0.0667. The van der Waals surface area contributed by atoms with Crippen molar-refractivity contribution in [2.75, 3.05) is 5.32 Å². The summed E-state index contributed by atoms with van der Waals surface area (Å²) < 4.78 is 0.930. The highest BCUT2D eigenvalue weighted by Crippen LogP contribution is 2.25. The molecule has 0 aliphatic carbocycles. The first kappa shape index (κ1) is 12.3. The van der Waals surface area contributed by atoms with Crippen molar-refractivity contribution in [3.8, 4) is 0 Å². The van der Waals surface area contributed by atoms with Crippen LogP contribution < -0.4 is 5.32 Å². The fourth-order valence-corrected chi connectivity index (χ4v) is 2.80. The Hall–Kier alpha value is -1.69. The van der Waals surface area contributed by atoms with Crippen LogP contribution in [0.5, 0.6) is 0 Å². The molecule has 94 valence electrons. The molecular formula is C15H10INO2. The van der Waals surface area contributed by atoms with Crippen LogP contribution in [0.15, 0.2) is 42.5 Å². The normalized spacial score (nSPS) is 13.0. The minimum atomic E-state index is -0.0195. The lowest BCUT2D eigenvalue weighted by atomic mass is 10.0. The van der Waals surface area contributed by atoms with Gasteiger partial charge in [-0.15, -0.1) is 0 Å². The van der Waals surface area contributed by atoms with Crippen LogP contribution >= 0.6 is 22.6 Å². The van der Waals surface area contributed by atoms with E-state index in [-0.39, 0.29) is 11.7 Å². The molecule has 4 heteroatoms. The van der Waals surface area contributed by atoms with E-state index in [1.165, 1.54) is 0 Å². The number of hydrogen-bond acceptors (Lipinski definition) is 2. The topological polar surface area (TPSA) is 46.2 Å². The van der Waals surface area contributed by atoms with E-state index in [0.29, 0.717) is 17.5 Å². The number of carbonyl (C=O) groups is 2. The summed E-state index contributed by atoms with van der Waals surface area (Å²) in [6, 6.07) is 12.8. The summed E-state index contributed by atoms with van der Waals surface area (Å²) in [5, 5.41) is 2.76. The van der Waals surface area contributed by atoms with E-state index in [0.717, 1.165) is 14.8 Å². The number of ketones is 1. The van der Waals surface area contributed by atoms with E-state index in [1.807, 2.05) is 24.3 Å². The van der Waals surface area contributed by atoms with Crippen LogP contribution in [0.3, 0.4) is 0 Å². The van der Waals surface area contributed by atoms with E-state index in [2.05, 4.69) is 27.9 Å². The number of nitrogens with one attached hydrogen (secondary N) is 1. The molecule has 19 heavy (non-hydrogen) atoms. The highest BCUT2D eigenvalue weighted by molar-refractivity contribution is 14.1. The summed E-state index contributed by atoms with van der Waals surface area (Å²) in [6.07, 6.45) is 0.350. The quantitative estimate of drug-likeness (QED) is 0.659. The molecule has 0 unspecified atom stereocenters. The lowest BCUT2D eigenvalue weighted by molar-refractivity contribution is -0.115. The van der Waals surface area contributed by atoms with Gasteiger partial charge in [-0.25, -0.2) is 0 Å². The molecule has 2 aromatic rings. The Bertz CT molecular complexity index is 694. The van der Waals surface area contributed by atoms with Crippen molar-refractivity contribution in [2.24, 2.45) is 0 Å². The average Bonchev–Trinajstić information content (AvgIpc) is 2.77. The van der Waals surface area contributed by atoms with Crippen molar-refractivity contribution in [1.29, 1.82) is 0 Å². The van der Waals surface area contributed by atoms with Crippen LogP contribution in [-0.2, 0) is 11.2 Å². The maximum absolute atomic E-state index is 12.4. The standard InChI is InChI=1S/C15H10INO2/c16-12-4-2-1-3-11(12)15(19)9-5-6-13-10(7-9)8-14(18)17-13/h1-7H,8H2,(H,17,18). The number of carbonyl (C=O) groups excluding carboxylic acids is 2. The summed E-state index contributed by atoms with van der Waals surface area (Å²) in [5.74, 6) is -0.0268. The maximum atomic E-state index is 12.4. The molecule has 0 spiro atoms. The van der Waals surface area contributed by atoms with Gasteiger partial charge < -0.3 is 5.32 Å². The molecule has 1 aliphatic rings. The largest absolute Gasteiger partial charge is 0.326 e. The Morgan fingerprint density at radius 1 is 1.16 bits per heavy atom. The summed E-state index contributed by atoms with van der Waals surface area (Å²) in [5.41, 5.74) is 3.02. The summed E-state index contributed by atoms with van der Waals surface area (Å²) in [4.78, 5) is 23.7. The molecule has 0 atom stereocenters. The number of hydrogen-bond donors (Lipinski definition) is 1. The molecule has 0 fully saturated rings. The van der Waals surface area contributed by atoms with Crippen LogP contribution in [0.25, 0.3) is 0 Å². The molecule has 1 amide bonds. The summed E-state index contributed by atoms with van der Waals surface area (Å²) >= 11 is 2.16. The van der Waals surface area contributed by atoms with Gasteiger partial charge in [-0.3, -0.25) is 9.59 Å². The van der Waals surface area contributed by atoms with Gasteiger partial charge >= 0.3 is 0 Å². The van der Waals surface area contributed by atoms with Crippen molar-refractivity contribution >= 4 is 40.0 Å². The minimum Gasteiger partial charge on any atom is -0.326 e. The number of fused-ring (bicyclic) bond motifs is 1. The SMILES string of the molecule is O=C1Cc2cc(C(=O)c3ccccc3I)ccc2N1. The number of halogens is 1. The fourth-order valence-electron chi connectivity index (χ4n) is 2.17. The van der Waals surface area contributed by atoms with E-state index < -0.39 is 0 Å². The highest BCUT2D eigenvalue weighted by Gasteiger charge is 2.20. The van der Waals surface area contributed by atoms with Crippen molar-refractivity contribution in [3.63, 3.8) is 0 Å². The monoisotopic (exact) mass is 363 g/mol. The van der Waals surface area contributed by atoms with Gasteiger partial charge in [-0.1, -0.05) is 12.1 Å². The van der Waals surface area contributed by atoms with Crippen LogP contribution in [0.1, 0.15) is 21.5 Å². The first-order valence-corrected chi connectivity index (χ1v) is 6.95. The molecule has 3 rings (SSSR count). The van der Waals surface area contributed by atoms with Gasteiger partial charge in [0.15, 0.2) is 5.78 Å². The molecule has 0 radical (unpaired) electrons. The third kappa shape index (κ3) is 2.28. The minimum absolute atomic E-state index is 0.00727. The van der Waals surface area contributed by atoms with Crippen molar-refractivity contribution in [3.05, 3.63) is 62.7 Å². The molecule has 0 saturated heterocycles. The van der Waals surface area contributed by atoms with Crippen LogP contribution in [0, 0.1) is 3.57 Å². The van der Waals surface area contributed by atoms with E-state index >= 15 is 0 Å². The van der Waals surface area contributed by atoms with Crippen molar-refractivity contribution < 1.29 is 9.59 Å². The molecular weight excluding hydrogens is 353 g/mol. The second-order valence-corrected chi connectivity index (χ2v) is 5.57. The van der Waals surface area contributed by atoms with Gasteiger partial charge in [0.25, 0.3) is 0 Å². The number of amides is 1. The van der Waals surface area contributed by atoms with E-state index in [9.17, 15) is 9.59 Å². The molecule has 1 aliphatic heterocycles. The first-order valence-electron chi connectivity index (χ1n) is 5.87. The van der Waals surface area contributed by atoms with Crippen molar-refractivity contribution in [1.82, 2.24) is 0 Å². The highest BCUT2D eigenvalue weighted by atomic mass is 127. The number of anilines is 1. The predicted molar refractivity (Wildman–Crippen MR) is 81.4 cm³/mol. The van der Waals surface area contributed by atoms with E-state index in [1.54, 1.807) is 18.2 Å². The zero-order chi connectivity index (χ0) is 13.4. The van der Waals surface area contributed by atoms with Crippen LogP contribution in [0.2, 0.25) is 0 Å². The first-order chi connectivity index (χ1) is 9.15. The van der Waals surface area contributed by atoms with Gasteiger partial charge in [-0.05, 0) is 58.5 Å². The van der Waals surface area contributed by atoms with Gasteiger partial charge in [0, 0.05) is 20.4 Å². The maximum Gasteiger partial charge on any atom is 0.228 e. The Balaban J connectivity index is 2.00.